The number of nitrogens with one attached hydrogen (secondary N) is 1. The number of benzene rings is 2. The normalized spacial score (nSPS) is 24.0. The molecule has 1 amide bonds. The zero-order valence-corrected chi connectivity index (χ0v) is 16.9. The number of sulfonamides is 1. The van der Waals surface area contributed by atoms with Crippen LogP contribution < -0.4 is 5.32 Å². The van der Waals surface area contributed by atoms with Crippen LogP contribution in [-0.4, -0.2) is 37.0 Å². The molecule has 152 valence electrons. The molecule has 2 aliphatic rings. The quantitative estimate of drug-likeness (QED) is 0.831. The predicted octanol–water partition coefficient (Wildman–Crippen LogP) is 2.77. The zero-order valence-electron chi connectivity index (χ0n) is 16.1. The molecule has 1 saturated heterocycles. The average Bonchev–Trinajstić information content (AvgIpc) is 3.16. The molecule has 2 aromatic carbocycles. The average molecular weight is 416 g/mol. The van der Waals surface area contributed by atoms with Gasteiger partial charge in [0, 0.05) is 18.7 Å². The van der Waals surface area contributed by atoms with Crippen molar-refractivity contribution in [2.24, 2.45) is 0 Å². The molecule has 2 aliphatic heterocycles. The number of amides is 1. The third-order valence-corrected chi connectivity index (χ3v) is 7.79. The van der Waals surface area contributed by atoms with Crippen LogP contribution >= 0.6 is 0 Å². The molecule has 0 unspecified atom stereocenters. The van der Waals surface area contributed by atoms with E-state index in [1.165, 1.54) is 41.6 Å². The van der Waals surface area contributed by atoms with Gasteiger partial charge in [0.2, 0.25) is 15.9 Å². The number of Topliss-reactive ketones (excluding diaryl/α,β-unsaturated/α-hetero) is 1. The number of hydrogen-bond donors (Lipinski definition) is 1. The van der Waals surface area contributed by atoms with Crippen LogP contribution in [0.25, 0.3) is 0 Å². The largest absolute Gasteiger partial charge is 0.325 e. The fourth-order valence-corrected chi connectivity index (χ4v) is 6.14. The summed E-state index contributed by atoms with van der Waals surface area (Å²) in [5, 5.41) is 2.74. The minimum Gasteiger partial charge on any atom is -0.325 e. The number of ketones is 1. The molecule has 0 bridgehead atoms. The van der Waals surface area contributed by atoms with Gasteiger partial charge in [-0.1, -0.05) is 17.7 Å². The van der Waals surface area contributed by atoms with E-state index in [0.717, 1.165) is 5.56 Å². The highest BCUT2D eigenvalue weighted by atomic mass is 32.2. The second kappa shape index (κ2) is 6.74. The van der Waals surface area contributed by atoms with Gasteiger partial charge in [-0.05, 0) is 56.2 Å². The third-order valence-electron chi connectivity index (χ3n) is 5.87. The lowest BCUT2D eigenvalue weighted by molar-refractivity contribution is -0.122. The summed E-state index contributed by atoms with van der Waals surface area (Å²) < 4.78 is 42.0. The van der Waals surface area contributed by atoms with Crippen LogP contribution in [-0.2, 0) is 25.0 Å². The van der Waals surface area contributed by atoms with Gasteiger partial charge in [-0.2, -0.15) is 4.31 Å². The Hall–Kier alpha value is -2.58. The summed E-state index contributed by atoms with van der Waals surface area (Å²) in [5.74, 6) is -1.15. The van der Waals surface area contributed by atoms with Crippen molar-refractivity contribution in [3.8, 4) is 0 Å². The van der Waals surface area contributed by atoms with Crippen LogP contribution in [0.1, 0.15) is 30.9 Å². The van der Waals surface area contributed by atoms with E-state index >= 15 is 0 Å². The Bertz CT molecular complexity index is 1110. The van der Waals surface area contributed by atoms with Crippen molar-refractivity contribution in [1.82, 2.24) is 4.31 Å². The standard InChI is InChI=1S/C21H21FN2O4S/c1-13-3-6-16(7-4-13)29(27,28)24-10-9-21(19(24)11-14(2)25)17-12-15(22)5-8-18(17)23-20(21)26/h3-8,12,19H,9-11H2,1-2H3,(H,23,26)/t19-,21+/m1/s1. The van der Waals surface area contributed by atoms with E-state index in [4.69, 9.17) is 0 Å². The summed E-state index contributed by atoms with van der Waals surface area (Å²) in [6.45, 7) is 3.29. The number of fused-ring (bicyclic) bond motifs is 2. The first-order chi connectivity index (χ1) is 13.7. The molecule has 29 heavy (non-hydrogen) atoms. The predicted molar refractivity (Wildman–Crippen MR) is 105 cm³/mol. The molecule has 2 atom stereocenters. The Morgan fingerprint density at radius 3 is 2.59 bits per heavy atom. The maximum absolute atomic E-state index is 14.0. The molecule has 2 aromatic rings. The molecular weight excluding hydrogens is 395 g/mol. The smallest absolute Gasteiger partial charge is 0.243 e. The Kier molecular flexibility index (Phi) is 4.59. The first-order valence-corrected chi connectivity index (χ1v) is 10.8. The summed E-state index contributed by atoms with van der Waals surface area (Å²) in [6, 6.07) is 9.49. The lowest BCUT2D eigenvalue weighted by Crippen LogP contribution is -2.49. The summed E-state index contributed by atoms with van der Waals surface area (Å²) >= 11 is 0. The van der Waals surface area contributed by atoms with Gasteiger partial charge in [0.15, 0.2) is 0 Å². The van der Waals surface area contributed by atoms with E-state index in [1.807, 2.05) is 6.92 Å². The van der Waals surface area contributed by atoms with Crippen LogP contribution in [0.15, 0.2) is 47.4 Å². The SMILES string of the molecule is CC(=O)C[C@H]1N(S(=O)(=O)c2ccc(C)cc2)CC[C@@]12C(=O)Nc1ccc(F)cc12. The minimum absolute atomic E-state index is 0.0670. The Morgan fingerprint density at radius 2 is 1.93 bits per heavy atom. The van der Waals surface area contributed by atoms with Crippen molar-refractivity contribution in [1.29, 1.82) is 0 Å². The van der Waals surface area contributed by atoms with E-state index in [-0.39, 0.29) is 30.1 Å². The molecule has 0 saturated carbocycles. The number of hydrogen-bond acceptors (Lipinski definition) is 4. The Morgan fingerprint density at radius 1 is 1.24 bits per heavy atom. The monoisotopic (exact) mass is 416 g/mol. The van der Waals surface area contributed by atoms with Crippen LogP contribution in [0.4, 0.5) is 10.1 Å². The van der Waals surface area contributed by atoms with Gasteiger partial charge in [0.05, 0.1) is 16.4 Å². The maximum Gasteiger partial charge on any atom is 0.243 e. The Balaban J connectivity index is 1.85. The van der Waals surface area contributed by atoms with E-state index in [0.29, 0.717) is 11.3 Å². The first-order valence-electron chi connectivity index (χ1n) is 9.36. The highest BCUT2D eigenvalue weighted by Gasteiger charge is 2.60. The van der Waals surface area contributed by atoms with Gasteiger partial charge in [-0.15, -0.1) is 0 Å². The second-order valence-corrected chi connectivity index (χ2v) is 9.61. The lowest BCUT2D eigenvalue weighted by Gasteiger charge is -2.33. The van der Waals surface area contributed by atoms with Crippen molar-refractivity contribution in [2.75, 3.05) is 11.9 Å². The number of rotatable bonds is 4. The van der Waals surface area contributed by atoms with Gasteiger partial charge >= 0.3 is 0 Å². The molecule has 1 fully saturated rings. The summed E-state index contributed by atoms with van der Waals surface area (Å²) in [7, 11) is -3.94. The topological polar surface area (TPSA) is 83.6 Å². The molecule has 6 nitrogen and oxygen atoms in total. The van der Waals surface area contributed by atoms with Crippen molar-refractivity contribution >= 4 is 27.4 Å². The number of aryl methyl sites for hydroxylation is 1. The summed E-state index contributed by atoms with van der Waals surface area (Å²) in [4.78, 5) is 25.2. The van der Waals surface area contributed by atoms with Crippen molar-refractivity contribution in [2.45, 2.75) is 43.0 Å². The second-order valence-electron chi connectivity index (χ2n) is 7.72. The van der Waals surface area contributed by atoms with Gasteiger partial charge in [0.25, 0.3) is 0 Å². The minimum atomic E-state index is -3.94. The molecule has 4 rings (SSSR count). The Labute approximate surface area is 168 Å². The van der Waals surface area contributed by atoms with Gasteiger partial charge < -0.3 is 5.32 Å². The number of carbonyl (C=O) groups excluding carboxylic acids is 2. The fraction of sp³-hybridized carbons (Fsp3) is 0.333. The molecule has 2 heterocycles. The fourth-order valence-electron chi connectivity index (χ4n) is 4.47. The number of anilines is 1. The molecule has 0 radical (unpaired) electrons. The molecule has 0 aromatic heterocycles. The summed E-state index contributed by atoms with van der Waals surface area (Å²) in [6.07, 6.45) is 0.0484. The van der Waals surface area contributed by atoms with Gasteiger partial charge in [-0.25, -0.2) is 12.8 Å². The first kappa shape index (κ1) is 19.7. The van der Waals surface area contributed by atoms with Crippen LogP contribution in [0, 0.1) is 12.7 Å². The number of nitrogens with zero attached hydrogens (tertiary/aromatic N) is 1. The molecule has 8 heteroatoms. The molecular formula is C21H21FN2O4S. The molecule has 1 spiro atoms. The molecule has 1 N–H and O–H groups in total. The summed E-state index contributed by atoms with van der Waals surface area (Å²) in [5.41, 5.74) is 0.498. The van der Waals surface area contributed by atoms with Gasteiger partial charge in [0.1, 0.15) is 11.6 Å². The molecule has 0 aliphatic carbocycles. The zero-order chi connectivity index (χ0) is 21.0. The van der Waals surface area contributed by atoms with E-state index in [1.54, 1.807) is 12.1 Å². The highest BCUT2D eigenvalue weighted by molar-refractivity contribution is 7.89. The lowest BCUT2D eigenvalue weighted by atomic mass is 9.73. The van der Waals surface area contributed by atoms with Crippen LogP contribution in [0.2, 0.25) is 0 Å². The van der Waals surface area contributed by atoms with Crippen molar-refractivity contribution in [3.63, 3.8) is 0 Å². The van der Waals surface area contributed by atoms with Crippen molar-refractivity contribution in [3.05, 3.63) is 59.4 Å². The maximum atomic E-state index is 14.0. The van der Waals surface area contributed by atoms with E-state index < -0.39 is 33.2 Å². The van der Waals surface area contributed by atoms with Crippen molar-refractivity contribution < 1.29 is 22.4 Å². The number of carbonyl (C=O) groups is 2. The van der Waals surface area contributed by atoms with Crippen LogP contribution in [0.5, 0.6) is 0 Å². The number of halogens is 1. The van der Waals surface area contributed by atoms with Crippen LogP contribution in [0.3, 0.4) is 0 Å². The third kappa shape index (κ3) is 2.98. The highest BCUT2D eigenvalue weighted by Crippen LogP contribution is 2.50. The van der Waals surface area contributed by atoms with E-state index in [2.05, 4.69) is 5.32 Å². The van der Waals surface area contributed by atoms with Gasteiger partial charge in [-0.3, -0.25) is 9.59 Å². The van der Waals surface area contributed by atoms with E-state index in [9.17, 15) is 22.4 Å².